The van der Waals surface area contributed by atoms with Gasteiger partial charge >= 0.3 is 0 Å². The monoisotopic (exact) mass is 302 g/mol. The highest BCUT2D eigenvalue weighted by molar-refractivity contribution is 9.10. The molecule has 0 unspecified atom stereocenters. The molecule has 0 saturated carbocycles. The van der Waals surface area contributed by atoms with E-state index in [1.807, 2.05) is 37.3 Å². The van der Waals surface area contributed by atoms with Crippen LogP contribution in [-0.4, -0.2) is 14.6 Å². The zero-order chi connectivity index (χ0) is 12.7. The van der Waals surface area contributed by atoms with E-state index >= 15 is 0 Å². The van der Waals surface area contributed by atoms with Gasteiger partial charge in [-0.15, -0.1) is 5.10 Å². The molecule has 2 aromatic heterocycles. The largest absolute Gasteiger partial charge is 0.397 e. The van der Waals surface area contributed by atoms with Crippen molar-refractivity contribution in [3.05, 3.63) is 46.6 Å². The van der Waals surface area contributed by atoms with Crippen molar-refractivity contribution in [3.63, 3.8) is 0 Å². The molecule has 1 aromatic carbocycles. The zero-order valence-electron chi connectivity index (χ0n) is 9.76. The summed E-state index contributed by atoms with van der Waals surface area (Å²) in [6.07, 6.45) is 1.77. The van der Waals surface area contributed by atoms with Gasteiger partial charge in [0.25, 0.3) is 0 Å². The molecule has 0 aliphatic carbocycles. The molecule has 4 nitrogen and oxygen atoms in total. The first kappa shape index (κ1) is 11.2. The third-order valence-corrected chi connectivity index (χ3v) is 3.21. The van der Waals surface area contributed by atoms with Gasteiger partial charge in [0.2, 0.25) is 0 Å². The van der Waals surface area contributed by atoms with Crippen LogP contribution in [0.1, 0.15) is 5.56 Å². The molecule has 2 heterocycles. The van der Waals surface area contributed by atoms with Crippen LogP contribution in [0.15, 0.2) is 41.0 Å². The van der Waals surface area contributed by atoms with Crippen molar-refractivity contribution in [2.45, 2.75) is 6.92 Å². The standard InChI is InChI=1S/C13H11BrN4/c1-8-5-11(15)7-18-13(8)16-12(17-18)9-3-2-4-10(14)6-9/h2-7H,15H2,1H3. The van der Waals surface area contributed by atoms with Crippen molar-refractivity contribution >= 4 is 27.3 Å². The second-order valence-corrected chi connectivity index (χ2v) is 5.09. The molecule has 3 aromatic rings. The van der Waals surface area contributed by atoms with Gasteiger partial charge in [-0.2, -0.15) is 0 Å². The first-order valence-electron chi connectivity index (χ1n) is 5.52. The van der Waals surface area contributed by atoms with Crippen LogP contribution in [0.2, 0.25) is 0 Å². The predicted molar refractivity (Wildman–Crippen MR) is 75.3 cm³/mol. The summed E-state index contributed by atoms with van der Waals surface area (Å²) in [6.45, 7) is 1.98. The van der Waals surface area contributed by atoms with Crippen molar-refractivity contribution in [1.82, 2.24) is 14.6 Å². The Hall–Kier alpha value is -1.88. The van der Waals surface area contributed by atoms with Crippen molar-refractivity contribution in [1.29, 1.82) is 0 Å². The molecule has 0 fully saturated rings. The molecule has 5 heteroatoms. The fourth-order valence-corrected chi connectivity index (χ4v) is 2.32. The Kier molecular flexibility index (Phi) is 2.56. The van der Waals surface area contributed by atoms with E-state index in [1.165, 1.54) is 0 Å². The molecule has 0 atom stereocenters. The van der Waals surface area contributed by atoms with Gasteiger partial charge in [-0.1, -0.05) is 28.1 Å². The summed E-state index contributed by atoms with van der Waals surface area (Å²) >= 11 is 3.45. The van der Waals surface area contributed by atoms with Gasteiger partial charge in [0, 0.05) is 10.0 Å². The first-order chi connectivity index (χ1) is 8.63. The molecule has 90 valence electrons. The highest BCUT2D eigenvalue weighted by atomic mass is 79.9. The molecule has 0 saturated heterocycles. The Morgan fingerprint density at radius 3 is 2.89 bits per heavy atom. The number of aryl methyl sites for hydroxylation is 1. The highest BCUT2D eigenvalue weighted by Gasteiger charge is 2.08. The van der Waals surface area contributed by atoms with E-state index in [0.29, 0.717) is 11.5 Å². The van der Waals surface area contributed by atoms with Crippen LogP contribution in [-0.2, 0) is 0 Å². The molecular formula is C13H11BrN4. The number of anilines is 1. The number of rotatable bonds is 1. The summed E-state index contributed by atoms with van der Waals surface area (Å²) in [4.78, 5) is 4.54. The Balaban J connectivity index is 2.22. The maximum atomic E-state index is 5.80. The molecule has 0 radical (unpaired) electrons. The van der Waals surface area contributed by atoms with Crippen molar-refractivity contribution < 1.29 is 0 Å². The van der Waals surface area contributed by atoms with Crippen LogP contribution in [0.5, 0.6) is 0 Å². The van der Waals surface area contributed by atoms with Gasteiger partial charge in [0.1, 0.15) is 0 Å². The summed E-state index contributed by atoms with van der Waals surface area (Å²) in [5.41, 5.74) is 9.31. The fraction of sp³-hybridized carbons (Fsp3) is 0.0769. The summed E-state index contributed by atoms with van der Waals surface area (Å²) < 4.78 is 2.73. The average molecular weight is 303 g/mol. The van der Waals surface area contributed by atoms with E-state index < -0.39 is 0 Å². The van der Waals surface area contributed by atoms with Crippen LogP contribution in [0.3, 0.4) is 0 Å². The van der Waals surface area contributed by atoms with Crippen LogP contribution in [0.4, 0.5) is 5.69 Å². The number of halogens is 1. The number of nitrogens with two attached hydrogens (primary N) is 1. The quantitative estimate of drug-likeness (QED) is 0.751. The van der Waals surface area contributed by atoms with Gasteiger partial charge in [-0.05, 0) is 30.7 Å². The molecular weight excluding hydrogens is 292 g/mol. The normalized spacial score (nSPS) is 11.0. The molecule has 0 spiro atoms. The van der Waals surface area contributed by atoms with E-state index in [0.717, 1.165) is 21.2 Å². The smallest absolute Gasteiger partial charge is 0.182 e. The molecule has 0 bridgehead atoms. The number of fused-ring (bicyclic) bond motifs is 1. The third-order valence-electron chi connectivity index (χ3n) is 2.72. The fourth-order valence-electron chi connectivity index (χ4n) is 1.93. The van der Waals surface area contributed by atoms with Crippen molar-refractivity contribution in [3.8, 4) is 11.4 Å². The van der Waals surface area contributed by atoms with Gasteiger partial charge in [-0.25, -0.2) is 9.50 Å². The number of benzene rings is 1. The second kappa shape index (κ2) is 4.10. The number of hydrogen-bond acceptors (Lipinski definition) is 3. The van der Waals surface area contributed by atoms with Crippen LogP contribution >= 0.6 is 15.9 Å². The Morgan fingerprint density at radius 1 is 1.28 bits per heavy atom. The lowest BCUT2D eigenvalue weighted by Gasteiger charge is -1.97. The highest BCUT2D eigenvalue weighted by Crippen LogP contribution is 2.22. The Labute approximate surface area is 113 Å². The number of hydrogen-bond donors (Lipinski definition) is 1. The molecule has 3 rings (SSSR count). The number of nitrogen functional groups attached to an aromatic ring is 1. The zero-order valence-corrected chi connectivity index (χ0v) is 11.3. The van der Waals surface area contributed by atoms with Gasteiger partial charge in [0.05, 0.1) is 11.9 Å². The molecule has 0 aliphatic rings. The lowest BCUT2D eigenvalue weighted by molar-refractivity contribution is 0.963. The van der Waals surface area contributed by atoms with Gasteiger partial charge < -0.3 is 5.73 Å². The van der Waals surface area contributed by atoms with Gasteiger partial charge in [-0.3, -0.25) is 0 Å². The maximum Gasteiger partial charge on any atom is 0.182 e. The molecule has 2 N–H and O–H groups in total. The van der Waals surface area contributed by atoms with Crippen molar-refractivity contribution in [2.24, 2.45) is 0 Å². The summed E-state index contributed by atoms with van der Waals surface area (Å²) in [5, 5.41) is 4.45. The SMILES string of the molecule is Cc1cc(N)cn2nc(-c3cccc(Br)c3)nc12. The second-order valence-electron chi connectivity index (χ2n) is 4.17. The van der Waals surface area contributed by atoms with Crippen LogP contribution in [0.25, 0.3) is 17.0 Å². The minimum absolute atomic E-state index is 0.686. The lowest BCUT2D eigenvalue weighted by Crippen LogP contribution is -1.94. The predicted octanol–water partition coefficient (Wildman–Crippen LogP) is 3.05. The average Bonchev–Trinajstić information content (AvgIpc) is 2.73. The Bertz CT molecular complexity index is 733. The van der Waals surface area contributed by atoms with Gasteiger partial charge in [0.15, 0.2) is 11.5 Å². The number of nitrogens with zero attached hydrogens (tertiary/aromatic N) is 3. The molecule has 0 aliphatic heterocycles. The third kappa shape index (κ3) is 1.86. The summed E-state index contributed by atoms with van der Waals surface area (Å²) in [5.74, 6) is 0.699. The lowest BCUT2D eigenvalue weighted by atomic mass is 10.2. The van der Waals surface area contributed by atoms with Crippen LogP contribution < -0.4 is 5.73 Å². The summed E-state index contributed by atoms with van der Waals surface area (Å²) in [6, 6.07) is 9.81. The first-order valence-corrected chi connectivity index (χ1v) is 6.31. The van der Waals surface area contributed by atoms with E-state index in [9.17, 15) is 0 Å². The van der Waals surface area contributed by atoms with E-state index in [1.54, 1.807) is 10.7 Å². The van der Waals surface area contributed by atoms with E-state index in [2.05, 4.69) is 26.0 Å². The number of aromatic nitrogens is 3. The van der Waals surface area contributed by atoms with Crippen molar-refractivity contribution in [2.75, 3.05) is 5.73 Å². The molecule has 0 amide bonds. The maximum absolute atomic E-state index is 5.80. The van der Waals surface area contributed by atoms with E-state index in [4.69, 9.17) is 5.73 Å². The topological polar surface area (TPSA) is 56.2 Å². The van der Waals surface area contributed by atoms with Crippen LogP contribution in [0, 0.1) is 6.92 Å². The number of pyridine rings is 1. The Morgan fingerprint density at radius 2 is 2.11 bits per heavy atom. The summed E-state index contributed by atoms with van der Waals surface area (Å²) in [7, 11) is 0. The minimum atomic E-state index is 0.686. The van der Waals surface area contributed by atoms with E-state index in [-0.39, 0.29) is 0 Å². The molecule has 18 heavy (non-hydrogen) atoms. The minimum Gasteiger partial charge on any atom is -0.397 e.